The molecule has 3 aromatic rings. The number of nitrogens with zero attached hydrogens (tertiary/aromatic N) is 4. The highest BCUT2D eigenvalue weighted by Crippen LogP contribution is 2.28. The molecule has 2 N–H and O–H groups in total. The van der Waals surface area contributed by atoms with Crippen LogP contribution in [0.3, 0.4) is 0 Å². The summed E-state index contributed by atoms with van der Waals surface area (Å²) >= 11 is 0. The maximum atomic E-state index is 5.55. The zero-order valence-electron chi connectivity index (χ0n) is 18.7. The molecule has 0 amide bonds. The number of nitrogens with one attached hydrogen (secondary N) is 2. The molecule has 0 unspecified atom stereocenters. The zero-order chi connectivity index (χ0) is 22.8. The van der Waals surface area contributed by atoms with E-state index in [4.69, 9.17) is 18.9 Å². The molecule has 0 saturated carbocycles. The van der Waals surface area contributed by atoms with E-state index in [1.54, 1.807) is 20.4 Å². The number of anilines is 1. The predicted octanol–water partition coefficient (Wildman–Crippen LogP) is 3.09. The van der Waals surface area contributed by atoms with Gasteiger partial charge in [-0.2, -0.15) is 9.78 Å². The van der Waals surface area contributed by atoms with Gasteiger partial charge in [-0.1, -0.05) is 6.07 Å². The van der Waals surface area contributed by atoms with Crippen LogP contribution < -0.4 is 29.8 Å². The third-order valence-corrected chi connectivity index (χ3v) is 4.37. The monoisotopic (exact) mass is 440 g/mol. The van der Waals surface area contributed by atoms with E-state index in [2.05, 4.69) is 26.2 Å². The van der Waals surface area contributed by atoms with Crippen molar-refractivity contribution in [3.63, 3.8) is 0 Å². The topological polar surface area (TPSA) is 104 Å². The first-order valence-electron chi connectivity index (χ1n) is 10.2. The second-order valence-corrected chi connectivity index (χ2v) is 6.48. The molecule has 3 rings (SSSR count). The lowest BCUT2D eigenvalue weighted by Gasteiger charge is -2.12. The fourth-order valence-corrected chi connectivity index (χ4v) is 2.89. The van der Waals surface area contributed by atoms with Gasteiger partial charge in [-0.05, 0) is 55.3 Å². The summed E-state index contributed by atoms with van der Waals surface area (Å²) in [5.41, 5.74) is 7.97. The molecule has 0 spiro atoms. The Morgan fingerprint density at radius 3 is 2.31 bits per heavy atom. The van der Waals surface area contributed by atoms with Crippen LogP contribution in [0.15, 0.2) is 47.8 Å². The van der Waals surface area contributed by atoms with E-state index >= 15 is 0 Å². The molecule has 0 aliphatic rings. The van der Waals surface area contributed by atoms with Crippen molar-refractivity contribution in [3.05, 3.63) is 53.9 Å². The van der Waals surface area contributed by atoms with Crippen molar-refractivity contribution in [2.75, 3.05) is 32.9 Å². The van der Waals surface area contributed by atoms with Crippen molar-refractivity contribution in [3.8, 4) is 23.0 Å². The average molecular weight is 441 g/mol. The predicted molar refractivity (Wildman–Crippen MR) is 122 cm³/mol. The molecule has 0 saturated heterocycles. The molecule has 0 aliphatic carbocycles. The van der Waals surface area contributed by atoms with Crippen LogP contribution in [0.25, 0.3) is 0 Å². The minimum Gasteiger partial charge on any atom is -0.493 e. The van der Waals surface area contributed by atoms with Gasteiger partial charge < -0.3 is 18.9 Å². The highest BCUT2D eigenvalue weighted by molar-refractivity contribution is 5.81. The van der Waals surface area contributed by atoms with Gasteiger partial charge in [0.25, 0.3) is 5.95 Å². The molecular formula is C22H28N6O4. The Bertz CT molecular complexity index is 1040. The molecule has 0 atom stereocenters. The summed E-state index contributed by atoms with van der Waals surface area (Å²) in [6.07, 6.45) is 3.19. The summed E-state index contributed by atoms with van der Waals surface area (Å²) in [6.45, 7) is 5.53. The van der Waals surface area contributed by atoms with Gasteiger partial charge in [0.2, 0.25) is 0 Å². The summed E-state index contributed by atoms with van der Waals surface area (Å²) < 4.78 is 23.4. The number of aromatic nitrogens is 3. The smallest absolute Gasteiger partial charge is 0.259 e. The van der Waals surface area contributed by atoms with Crippen LogP contribution in [0.2, 0.25) is 0 Å². The minimum atomic E-state index is 0.442. The van der Waals surface area contributed by atoms with Crippen LogP contribution in [-0.2, 0) is 6.54 Å². The molecule has 0 radical (unpaired) electrons. The number of hydrogen-bond donors (Lipinski definition) is 2. The van der Waals surface area contributed by atoms with Crippen molar-refractivity contribution in [2.45, 2.75) is 20.4 Å². The number of hydrazine groups is 1. The van der Waals surface area contributed by atoms with Crippen LogP contribution in [0.5, 0.6) is 23.0 Å². The Labute approximate surface area is 187 Å². The lowest BCUT2D eigenvalue weighted by Crippen LogP contribution is -2.23. The summed E-state index contributed by atoms with van der Waals surface area (Å²) in [5, 5.41) is 12.4. The molecule has 10 nitrogen and oxygen atoms in total. The highest BCUT2D eigenvalue weighted by atomic mass is 16.5. The Balaban J connectivity index is 1.61. The molecular weight excluding hydrogens is 412 g/mol. The largest absolute Gasteiger partial charge is 0.493 e. The van der Waals surface area contributed by atoms with E-state index in [0.29, 0.717) is 48.7 Å². The summed E-state index contributed by atoms with van der Waals surface area (Å²) in [7, 11) is 3.22. The first-order chi connectivity index (χ1) is 15.7. The minimum absolute atomic E-state index is 0.442. The molecule has 0 fully saturated rings. The molecule has 0 bridgehead atoms. The van der Waals surface area contributed by atoms with Crippen LogP contribution in [-0.4, -0.2) is 48.5 Å². The van der Waals surface area contributed by atoms with Gasteiger partial charge in [0.1, 0.15) is 6.33 Å². The maximum absolute atomic E-state index is 5.55. The van der Waals surface area contributed by atoms with Gasteiger partial charge in [0.05, 0.1) is 33.6 Å². The van der Waals surface area contributed by atoms with Crippen molar-refractivity contribution >= 4 is 12.2 Å². The van der Waals surface area contributed by atoms with Crippen molar-refractivity contribution in [1.82, 2.24) is 20.3 Å². The van der Waals surface area contributed by atoms with Gasteiger partial charge in [-0.3, -0.25) is 5.43 Å². The first kappa shape index (κ1) is 22.9. The zero-order valence-corrected chi connectivity index (χ0v) is 18.7. The molecule has 32 heavy (non-hydrogen) atoms. The fourth-order valence-electron chi connectivity index (χ4n) is 2.89. The Hall–Kier alpha value is -3.79. The van der Waals surface area contributed by atoms with E-state index in [9.17, 15) is 0 Å². The lowest BCUT2D eigenvalue weighted by molar-refractivity contribution is 0.310. The number of benzene rings is 2. The van der Waals surface area contributed by atoms with Crippen LogP contribution in [0.1, 0.15) is 25.0 Å². The Morgan fingerprint density at radius 2 is 1.62 bits per heavy atom. The van der Waals surface area contributed by atoms with Crippen LogP contribution in [0.4, 0.5) is 5.95 Å². The molecule has 170 valence electrons. The van der Waals surface area contributed by atoms with Gasteiger partial charge in [-0.25, -0.2) is 5.43 Å². The fraction of sp³-hybridized carbons (Fsp3) is 0.318. The summed E-state index contributed by atoms with van der Waals surface area (Å²) in [6, 6.07) is 11.4. The van der Waals surface area contributed by atoms with Gasteiger partial charge >= 0.3 is 0 Å². The highest BCUT2D eigenvalue weighted by Gasteiger charge is 2.07. The second kappa shape index (κ2) is 11.6. The Kier molecular flexibility index (Phi) is 8.27. The number of rotatable bonds is 12. The van der Waals surface area contributed by atoms with Crippen molar-refractivity contribution < 1.29 is 18.9 Å². The number of hydrogen-bond acceptors (Lipinski definition) is 9. The molecule has 1 heterocycles. The van der Waals surface area contributed by atoms with Gasteiger partial charge in [0.15, 0.2) is 23.0 Å². The van der Waals surface area contributed by atoms with Gasteiger partial charge in [0, 0.05) is 6.54 Å². The number of ether oxygens (including phenoxy) is 4. The standard InChI is InChI=1S/C22H28N6O4/c1-5-31-18-9-7-16(11-20(18)29-3)13-23-26-22-27-24-15-28(22)25-14-17-8-10-19(32-6-2)21(12-17)30-4/h7-12,14-15,23H,5-6,13H2,1-4H3,(H,26,27)/b25-14-. The molecule has 0 aliphatic heterocycles. The molecule has 2 aromatic carbocycles. The Morgan fingerprint density at radius 1 is 0.938 bits per heavy atom. The van der Waals surface area contributed by atoms with E-state index in [-0.39, 0.29) is 0 Å². The average Bonchev–Trinajstić information content (AvgIpc) is 3.26. The van der Waals surface area contributed by atoms with Crippen LogP contribution in [0, 0.1) is 0 Å². The third kappa shape index (κ3) is 5.88. The normalized spacial score (nSPS) is 10.9. The molecule has 10 heteroatoms. The SMILES string of the molecule is CCOc1ccc(/C=N\n2cnnc2NNCc2ccc(OCC)c(OC)c2)cc1OC. The van der Waals surface area contributed by atoms with Crippen molar-refractivity contribution in [1.29, 1.82) is 0 Å². The quantitative estimate of drug-likeness (QED) is 0.327. The third-order valence-electron chi connectivity index (χ3n) is 4.37. The van der Waals surface area contributed by atoms with Crippen LogP contribution >= 0.6 is 0 Å². The van der Waals surface area contributed by atoms with Gasteiger partial charge in [-0.15, -0.1) is 10.2 Å². The van der Waals surface area contributed by atoms with E-state index in [1.807, 2.05) is 50.2 Å². The summed E-state index contributed by atoms with van der Waals surface area (Å²) in [4.78, 5) is 0. The second-order valence-electron chi connectivity index (χ2n) is 6.48. The van der Waals surface area contributed by atoms with E-state index in [1.165, 1.54) is 11.0 Å². The molecule has 1 aromatic heterocycles. The first-order valence-corrected chi connectivity index (χ1v) is 10.2. The van der Waals surface area contributed by atoms with E-state index < -0.39 is 0 Å². The lowest BCUT2D eigenvalue weighted by atomic mass is 10.2. The number of methoxy groups -OCH3 is 2. The summed E-state index contributed by atoms with van der Waals surface area (Å²) in [5.74, 6) is 3.17. The van der Waals surface area contributed by atoms with E-state index in [0.717, 1.165) is 11.1 Å². The van der Waals surface area contributed by atoms with Crippen molar-refractivity contribution in [2.24, 2.45) is 5.10 Å². The maximum Gasteiger partial charge on any atom is 0.259 e.